The number of nitrogen functional groups attached to an aromatic ring is 1. The fraction of sp³-hybridized carbons (Fsp3) is 0.421. The molecule has 2 aliphatic rings. The molecule has 0 aliphatic carbocycles. The lowest BCUT2D eigenvalue weighted by Gasteiger charge is -2.36. The highest BCUT2D eigenvalue weighted by Gasteiger charge is 2.27. The van der Waals surface area contributed by atoms with Crippen molar-refractivity contribution in [1.29, 1.82) is 0 Å². The Morgan fingerprint density at radius 3 is 1.67 bits per heavy atom. The number of nitrogens with one attached hydrogen (secondary N) is 5. The lowest BCUT2D eigenvalue weighted by molar-refractivity contribution is 0.0240. The molecule has 1 amide bonds. The first-order valence-corrected chi connectivity index (χ1v) is 19.3. The van der Waals surface area contributed by atoms with Crippen molar-refractivity contribution in [1.82, 2.24) is 45.4 Å². The number of rotatable bonds is 6. The Morgan fingerprint density at radius 1 is 0.745 bits per heavy atom. The molecule has 298 valence electrons. The van der Waals surface area contributed by atoms with E-state index in [0.29, 0.717) is 30.5 Å². The molecule has 0 aromatic carbocycles. The molecule has 0 atom stereocenters. The van der Waals surface area contributed by atoms with Crippen LogP contribution in [0, 0.1) is 0 Å². The number of pyridine rings is 3. The summed E-state index contributed by atoms with van der Waals surface area (Å²) in [6.45, 7) is 14.5. The highest BCUT2D eigenvalue weighted by molar-refractivity contribution is 6.18. The van der Waals surface area contributed by atoms with Gasteiger partial charge in [-0.15, -0.1) is 35.6 Å². The smallest absolute Gasteiger partial charge is 0.410 e. The predicted octanol–water partition coefficient (Wildman–Crippen LogP) is 6.21. The van der Waals surface area contributed by atoms with Crippen molar-refractivity contribution >= 4 is 91.9 Å². The number of piperazine rings is 2. The number of ether oxygens (including phenoxy) is 1. The van der Waals surface area contributed by atoms with Gasteiger partial charge in [-0.05, 0) is 57.2 Å². The summed E-state index contributed by atoms with van der Waals surface area (Å²) in [7, 11) is 0. The molecule has 0 saturated carbocycles. The number of aromatic amines is 3. The highest BCUT2D eigenvalue weighted by Crippen LogP contribution is 2.26. The third kappa shape index (κ3) is 12.5. The number of aromatic nitrogens is 6. The van der Waals surface area contributed by atoms with Crippen LogP contribution in [0.5, 0.6) is 0 Å². The Labute approximate surface area is 338 Å². The van der Waals surface area contributed by atoms with E-state index >= 15 is 0 Å². The maximum Gasteiger partial charge on any atom is 0.410 e. The summed E-state index contributed by atoms with van der Waals surface area (Å²) in [5.41, 5.74) is 14.2. The SMILES string of the molecule is CC(C)(C)OC(=O)N1CCN(c2c[nH]c3cccnc23)CC1.Cl.ClCCNCCCl.Nc1c[nH]c2cccnc12.c1cnc2c(N3CCNCC3)c[nH]c2c1. The van der Waals surface area contributed by atoms with Gasteiger partial charge in [0.15, 0.2) is 0 Å². The number of fused-ring (bicyclic) bond motifs is 3. The van der Waals surface area contributed by atoms with Gasteiger partial charge in [-0.3, -0.25) is 15.0 Å². The molecule has 2 aliphatic heterocycles. The molecule has 0 spiro atoms. The van der Waals surface area contributed by atoms with Gasteiger partial charge in [-0.1, -0.05) is 0 Å². The van der Waals surface area contributed by atoms with Crippen LogP contribution in [0.1, 0.15) is 20.8 Å². The van der Waals surface area contributed by atoms with Crippen molar-refractivity contribution in [3.05, 3.63) is 73.6 Å². The van der Waals surface area contributed by atoms with Crippen molar-refractivity contribution in [2.24, 2.45) is 0 Å². The van der Waals surface area contributed by atoms with Gasteiger partial charge in [0.2, 0.25) is 0 Å². The van der Waals surface area contributed by atoms with Crippen LogP contribution >= 0.6 is 35.6 Å². The Morgan fingerprint density at radius 2 is 1.20 bits per heavy atom. The molecule has 0 unspecified atom stereocenters. The molecule has 7 N–H and O–H groups in total. The predicted molar refractivity (Wildman–Crippen MR) is 229 cm³/mol. The van der Waals surface area contributed by atoms with Gasteiger partial charge in [0.05, 0.1) is 33.6 Å². The van der Waals surface area contributed by atoms with Crippen LogP contribution in [0.4, 0.5) is 21.9 Å². The molecule has 0 radical (unpaired) electrons. The fourth-order valence-electron chi connectivity index (χ4n) is 5.96. The van der Waals surface area contributed by atoms with E-state index in [1.807, 2.05) is 63.5 Å². The van der Waals surface area contributed by atoms with E-state index < -0.39 is 5.60 Å². The highest BCUT2D eigenvalue weighted by atomic mass is 35.5. The molecule has 17 heteroatoms. The molecule has 55 heavy (non-hydrogen) atoms. The van der Waals surface area contributed by atoms with Crippen molar-refractivity contribution in [2.75, 3.05) is 92.7 Å². The van der Waals surface area contributed by atoms with E-state index in [1.54, 1.807) is 23.5 Å². The zero-order chi connectivity index (χ0) is 38.3. The Bertz CT molecular complexity index is 2010. The van der Waals surface area contributed by atoms with Gasteiger partial charge in [-0.2, -0.15) is 0 Å². The minimum Gasteiger partial charge on any atom is -0.444 e. The van der Waals surface area contributed by atoms with Gasteiger partial charge in [-0.25, -0.2) is 4.79 Å². The number of hydrogen-bond acceptors (Lipinski definition) is 10. The van der Waals surface area contributed by atoms with Crippen LogP contribution < -0.4 is 26.2 Å². The summed E-state index contributed by atoms with van der Waals surface area (Å²) in [4.78, 5) is 40.9. The standard InChI is InChI=1S/C16H22N4O2.C11H14N4.C7H7N3.C4H9Cl2N.ClH/c1-16(2,3)22-15(21)20-9-7-19(8-10-20)13-11-18-12-5-4-6-17-14(12)13;1-2-9-11(13-3-1)10(8-14-9)15-6-4-12-5-7-15;8-5-4-10-6-2-1-3-9-7(5)6;5-1-3-7-4-2-6;/h4-6,11,18H,7-10H2,1-3H3;1-3,8,12,14H,4-7H2;1-4,10H,8H2;7H,1-4H2;1H. The Balaban J connectivity index is 0.000000177. The lowest BCUT2D eigenvalue weighted by Crippen LogP contribution is -2.50. The second-order valence-electron chi connectivity index (χ2n) is 13.6. The molecule has 2 fully saturated rings. The zero-order valence-corrected chi connectivity index (χ0v) is 34.0. The lowest BCUT2D eigenvalue weighted by atomic mass is 10.2. The molecule has 14 nitrogen and oxygen atoms in total. The van der Waals surface area contributed by atoms with Crippen LogP contribution in [-0.2, 0) is 4.74 Å². The molecular weight excluding hydrogens is 763 g/mol. The van der Waals surface area contributed by atoms with Crippen molar-refractivity contribution in [3.8, 4) is 0 Å². The summed E-state index contributed by atoms with van der Waals surface area (Å²) >= 11 is 10.7. The topological polar surface area (TPSA) is 172 Å². The van der Waals surface area contributed by atoms with Crippen LogP contribution in [0.25, 0.3) is 33.1 Å². The van der Waals surface area contributed by atoms with Crippen molar-refractivity contribution < 1.29 is 9.53 Å². The van der Waals surface area contributed by atoms with Gasteiger partial charge >= 0.3 is 6.09 Å². The van der Waals surface area contributed by atoms with Crippen molar-refractivity contribution in [3.63, 3.8) is 0 Å². The quantitative estimate of drug-likeness (QED) is 0.0839. The summed E-state index contributed by atoms with van der Waals surface area (Å²) in [6, 6.07) is 11.8. The number of carbonyl (C=O) groups is 1. The first-order valence-electron chi connectivity index (χ1n) is 18.2. The second-order valence-corrected chi connectivity index (χ2v) is 14.4. The Hall–Kier alpha value is -4.47. The van der Waals surface area contributed by atoms with Gasteiger partial charge in [0.1, 0.15) is 22.2 Å². The molecule has 6 aromatic heterocycles. The fourth-order valence-corrected chi connectivity index (χ4v) is 6.23. The molecule has 2 saturated heterocycles. The maximum absolute atomic E-state index is 12.1. The summed E-state index contributed by atoms with van der Waals surface area (Å²) in [5.74, 6) is 1.33. The maximum atomic E-state index is 12.1. The van der Waals surface area contributed by atoms with Crippen LogP contribution in [0.3, 0.4) is 0 Å². The third-order valence-electron chi connectivity index (χ3n) is 8.57. The molecule has 8 heterocycles. The van der Waals surface area contributed by atoms with E-state index in [1.165, 1.54) is 5.69 Å². The number of hydrogen-bond donors (Lipinski definition) is 6. The molecular formula is C38H53Cl3N12O2. The number of halogens is 3. The molecule has 6 aromatic rings. The van der Waals surface area contributed by atoms with Crippen LogP contribution in [0.15, 0.2) is 73.6 Å². The van der Waals surface area contributed by atoms with Crippen LogP contribution in [0.2, 0.25) is 0 Å². The number of nitrogens with zero attached hydrogens (tertiary/aromatic N) is 6. The van der Waals surface area contributed by atoms with E-state index in [9.17, 15) is 4.79 Å². The van der Waals surface area contributed by atoms with E-state index in [4.69, 9.17) is 33.7 Å². The second kappa shape index (κ2) is 21.6. The minimum atomic E-state index is -0.449. The summed E-state index contributed by atoms with van der Waals surface area (Å²) in [6.07, 6.45) is 10.9. The van der Waals surface area contributed by atoms with E-state index in [0.717, 1.165) is 91.1 Å². The average Bonchev–Trinajstić information content (AvgIpc) is 3.93. The number of H-pyrrole nitrogens is 3. The van der Waals surface area contributed by atoms with Gasteiger partial charge < -0.3 is 50.8 Å². The molecule has 0 bridgehead atoms. The zero-order valence-electron chi connectivity index (χ0n) is 31.7. The Kier molecular flexibility index (Phi) is 17.0. The van der Waals surface area contributed by atoms with E-state index in [-0.39, 0.29) is 18.5 Å². The first-order chi connectivity index (χ1) is 26.2. The summed E-state index contributed by atoms with van der Waals surface area (Å²) < 4.78 is 5.42. The minimum absolute atomic E-state index is 0. The average molecular weight is 816 g/mol. The van der Waals surface area contributed by atoms with Crippen LogP contribution in [-0.4, -0.2) is 124 Å². The third-order valence-corrected chi connectivity index (χ3v) is 8.94. The number of amides is 1. The van der Waals surface area contributed by atoms with Gasteiger partial charge in [0.25, 0.3) is 0 Å². The number of nitrogens with two attached hydrogens (primary N) is 1. The van der Waals surface area contributed by atoms with Crippen molar-refractivity contribution in [2.45, 2.75) is 26.4 Å². The number of anilines is 3. The first kappa shape index (κ1) is 43.3. The van der Waals surface area contributed by atoms with E-state index in [2.05, 4.69) is 62.6 Å². The van der Waals surface area contributed by atoms with Gasteiger partial charge in [0, 0.05) is 114 Å². The number of alkyl halides is 2. The largest absolute Gasteiger partial charge is 0.444 e. The normalized spacial score (nSPS) is 14.2. The monoisotopic (exact) mass is 814 g/mol. The number of carbonyl (C=O) groups excluding carboxylic acids is 1. The molecule has 8 rings (SSSR count). The summed E-state index contributed by atoms with van der Waals surface area (Å²) in [5, 5.41) is 6.37.